The number of para-hydroxylation sites is 1. The molecule has 4 heteroatoms. The van der Waals surface area contributed by atoms with Gasteiger partial charge in [0, 0.05) is 25.2 Å². The van der Waals surface area contributed by atoms with Crippen molar-refractivity contribution in [3.8, 4) is 0 Å². The van der Waals surface area contributed by atoms with Crippen LogP contribution < -0.4 is 5.73 Å². The van der Waals surface area contributed by atoms with Crippen LogP contribution in [-0.2, 0) is 0 Å². The second-order valence-corrected chi connectivity index (χ2v) is 5.95. The molecule has 1 aromatic rings. The molecule has 20 heavy (non-hydrogen) atoms. The summed E-state index contributed by atoms with van der Waals surface area (Å²) < 4.78 is 0. The minimum atomic E-state index is 0.441. The van der Waals surface area contributed by atoms with Crippen LogP contribution in [0, 0.1) is 0 Å². The molecule has 4 nitrogen and oxygen atoms in total. The third-order valence-electron chi connectivity index (χ3n) is 4.48. The Kier molecular flexibility index (Phi) is 3.92. The standard InChI is InChI=1S/C16H24N4/c1-13-11-19-10-6-5-9-15(19)12-20(13)16(17)18-14-7-3-2-4-8-14/h2-4,7-8,13,15H,5-6,9-12H2,1H3,(H2,17,18). The highest BCUT2D eigenvalue weighted by Crippen LogP contribution is 2.24. The van der Waals surface area contributed by atoms with Crippen LogP contribution in [0.4, 0.5) is 5.69 Å². The first-order valence-corrected chi connectivity index (χ1v) is 7.64. The zero-order chi connectivity index (χ0) is 13.9. The fourth-order valence-electron chi connectivity index (χ4n) is 3.37. The van der Waals surface area contributed by atoms with Gasteiger partial charge in [-0.1, -0.05) is 24.6 Å². The van der Waals surface area contributed by atoms with Gasteiger partial charge in [-0.3, -0.25) is 4.90 Å². The lowest BCUT2D eigenvalue weighted by atomic mass is 9.97. The molecule has 2 saturated heterocycles. The lowest BCUT2D eigenvalue weighted by molar-refractivity contribution is 0.0498. The van der Waals surface area contributed by atoms with Gasteiger partial charge in [-0.15, -0.1) is 0 Å². The van der Waals surface area contributed by atoms with Crippen LogP contribution in [-0.4, -0.2) is 47.5 Å². The monoisotopic (exact) mass is 272 g/mol. The maximum atomic E-state index is 6.25. The van der Waals surface area contributed by atoms with Gasteiger partial charge in [-0.2, -0.15) is 0 Å². The molecule has 1 aromatic carbocycles. The number of piperazine rings is 1. The second kappa shape index (κ2) is 5.83. The molecule has 3 rings (SSSR count). The van der Waals surface area contributed by atoms with Crippen LogP contribution in [0.25, 0.3) is 0 Å². The average molecular weight is 272 g/mol. The summed E-state index contributed by atoms with van der Waals surface area (Å²) in [6.07, 6.45) is 3.98. The van der Waals surface area contributed by atoms with Gasteiger partial charge in [0.2, 0.25) is 0 Å². The first-order valence-electron chi connectivity index (χ1n) is 7.64. The number of rotatable bonds is 1. The maximum Gasteiger partial charge on any atom is 0.196 e. The van der Waals surface area contributed by atoms with Crippen molar-refractivity contribution in [3.63, 3.8) is 0 Å². The molecule has 2 atom stereocenters. The smallest absolute Gasteiger partial charge is 0.196 e. The zero-order valence-electron chi connectivity index (χ0n) is 12.2. The first kappa shape index (κ1) is 13.4. The highest BCUT2D eigenvalue weighted by atomic mass is 15.4. The summed E-state index contributed by atoms with van der Waals surface area (Å²) in [6, 6.07) is 11.1. The van der Waals surface area contributed by atoms with E-state index in [1.165, 1.54) is 25.8 Å². The van der Waals surface area contributed by atoms with Crippen molar-refractivity contribution >= 4 is 11.6 Å². The van der Waals surface area contributed by atoms with E-state index in [2.05, 4.69) is 21.7 Å². The summed E-state index contributed by atoms with van der Waals surface area (Å²) in [5.41, 5.74) is 7.18. The van der Waals surface area contributed by atoms with Crippen molar-refractivity contribution in [1.29, 1.82) is 0 Å². The largest absolute Gasteiger partial charge is 0.369 e. The number of guanidine groups is 1. The third-order valence-corrected chi connectivity index (χ3v) is 4.48. The zero-order valence-corrected chi connectivity index (χ0v) is 12.2. The van der Waals surface area contributed by atoms with Gasteiger partial charge < -0.3 is 10.6 Å². The fraction of sp³-hybridized carbons (Fsp3) is 0.562. The van der Waals surface area contributed by atoms with Crippen LogP contribution in [0.1, 0.15) is 26.2 Å². The summed E-state index contributed by atoms with van der Waals surface area (Å²) in [5.74, 6) is 0.661. The third kappa shape index (κ3) is 2.80. The van der Waals surface area contributed by atoms with E-state index in [4.69, 9.17) is 5.73 Å². The minimum Gasteiger partial charge on any atom is -0.369 e. The van der Waals surface area contributed by atoms with E-state index in [0.29, 0.717) is 18.0 Å². The Bertz CT molecular complexity index is 471. The van der Waals surface area contributed by atoms with Crippen LogP contribution in [0.2, 0.25) is 0 Å². The predicted molar refractivity (Wildman–Crippen MR) is 83.1 cm³/mol. The molecule has 2 N–H and O–H groups in total. The van der Waals surface area contributed by atoms with E-state index in [0.717, 1.165) is 18.8 Å². The SMILES string of the molecule is CC1CN2CCCCC2CN1C(N)=Nc1ccccc1. The molecule has 0 bridgehead atoms. The molecular weight excluding hydrogens is 248 g/mol. The van der Waals surface area contributed by atoms with Gasteiger partial charge in [-0.25, -0.2) is 4.99 Å². The number of nitrogens with two attached hydrogens (primary N) is 1. The predicted octanol–water partition coefficient (Wildman–Crippen LogP) is 2.19. The van der Waals surface area contributed by atoms with E-state index in [-0.39, 0.29) is 0 Å². The molecule has 0 amide bonds. The van der Waals surface area contributed by atoms with Gasteiger partial charge in [0.05, 0.1) is 5.69 Å². The summed E-state index contributed by atoms with van der Waals surface area (Å²) >= 11 is 0. The van der Waals surface area contributed by atoms with Crippen LogP contribution in [0.5, 0.6) is 0 Å². The molecule has 0 aromatic heterocycles. The molecule has 2 aliphatic heterocycles. The minimum absolute atomic E-state index is 0.441. The van der Waals surface area contributed by atoms with Gasteiger partial charge in [0.15, 0.2) is 5.96 Å². The van der Waals surface area contributed by atoms with E-state index in [1.54, 1.807) is 0 Å². The summed E-state index contributed by atoms with van der Waals surface area (Å²) in [5, 5.41) is 0. The Morgan fingerprint density at radius 1 is 1.20 bits per heavy atom. The highest BCUT2D eigenvalue weighted by Gasteiger charge is 2.33. The summed E-state index contributed by atoms with van der Waals surface area (Å²) in [6.45, 7) is 5.62. The number of fused-ring (bicyclic) bond motifs is 1. The first-order chi connectivity index (χ1) is 9.74. The Hall–Kier alpha value is -1.55. The van der Waals surface area contributed by atoms with Crippen LogP contribution in [0.15, 0.2) is 35.3 Å². The topological polar surface area (TPSA) is 44.9 Å². The molecule has 0 saturated carbocycles. The van der Waals surface area contributed by atoms with E-state index >= 15 is 0 Å². The Labute approximate surface area is 121 Å². The normalized spacial score (nSPS) is 28.2. The van der Waals surface area contributed by atoms with E-state index in [1.807, 2.05) is 30.3 Å². The molecule has 2 aliphatic rings. The molecule has 2 heterocycles. The quantitative estimate of drug-likeness (QED) is 0.629. The molecule has 0 aliphatic carbocycles. The number of piperidine rings is 1. The van der Waals surface area contributed by atoms with E-state index < -0.39 is 0 Å². The fourth-order valence-corrected chi connectivity index (χ4v) is 3.37. The molecule has 108 valence electrons. The molecule has 2 unspecified atom stereocenters. The number of hydrogen-bond acceptors (Lipinski definition) is 2. The van der Waals surface area contributed by atoms with E-state index in [9.17, 15) is 0 Å². The van der Waals surface area contributed by atoms with Crippen molar-refractivity contribution in [3.05, 3.63) is 30.3 Å². The number of aliphatic imine (C=N–C) groups is 1. The Balaban J connectivity index is 1.74. The lowest BCUT2D eigenvalue weighted by Gasteiger charge is -2.47. The summed E-state index contributed by atoms with van der Waals surface area (Å²) in [7, 11) is 0. The number of benzene rings is 1. The molecular formula is C16H24N4. The van der Waals surface area contributed by atoms with Gasteiger partial charge in [-0.05, 0) is 38.4 Å². The lowest BCUT2D eigenvalue weighted by Crippen LogP contribution is -2.61. The van der Waals surface area contributed by atoms with Crippen LogP contribution in [0.3, 0.4) is 0 Å². The Morgan fingerprint density at radius 2 is 2.00 bits per heavy atom. The maximum absolute atomic E-state index is 6.25. The highest BCUT2D eigenvalue weighted by molar-refractivity contribution is 5.81. The van der Waals surface area contributed by atoms with Gasteiger partial charge >= 0.3 is 0 Å². The van der Waals surface area contributed by atoms with Crippen molar-refractivity contribution < 1.29 is 0 Å². The number of hydrogen-bond donors (Lipinski definition) is 1. The van der Waals surface area contributed by atoms with Gasteiger partial charge in [0.25, 0.3) is 0 Å². The van der Waals surface area contributed by atoms with Gasteiger partial charge in [0.1, 0.15) is 0 Å². The summed E-state index contributed by atoms with van der Waals surface area (Å²) in [4.78, 5) is 9.48. The van der Waals surface area contributed by atoms with Crippen molar-refractivity contribution in [2.75, 3.05) is 19.6 Å². The molecule has 0 radical (unpaired) electrons. The molecule has 0 spiro atoms. The Morgan fingerprint density at radius 3 is 2.80 bits per heavy atom. The van der Waals surface area contributed by atoms with Crippen molar-refractivity contribution in [2.45, 2.75) is 38.3 Å². The second-order valence-electron chi connectivity index (χ2n) is 5.95. The van der Waals surface area contributed by atoms with Crippen molar-refractivity contribution in [1.82, 2.24) is 9.80 Å². The van der Waals surface area contributed by atoms with Crippen LogP contribution >= 0.6 is 0 Å². The average Bonchev–Trinajstić information content (AvgIpc) is 2.47. The molecule has 2 fully saturated rings. The van der Waals surface area contributed by atoms with Crippen molar-refractivity contribution in [2.24, 2.45) is 10.7 Å². The number of nitrogens with zero attached hydrogens (tertiary/aromatic N) is 3.